The number of rotatable bonds is 6. The monoisotopic (exact) mass is 628 g/mol. The zero-order valence-corrected chi connectivity index (χ0v) is 27.1. The Labute approximate surface area is 285 Å². The van der Waals surface area contributed by atoms with Gasteiger partial charge in [-0.2, -0.15) is 0 Å². The van der Waals surface area contributed by atoms with E-state index < -0.39 is 0 Å². The predicted molar refractivity (Wildman–Crippen MR) is 203 cm³/mol. The van der Waals surface area contributed by atoms with Crippen LogP contribution in [0.25, 0.3) is 89.0 Å². The van der Waals surface area contributed by atoms with Gasteiger partial charge in [0, 0.05) is 50.5 Å². The van der Waals surface area contributed by atoms with Crippen molar-refractivity contribution in [1.29, 1.82) is 0 Å². The van der Waals surface area contributed by atoms with Gasteiger partial charge >= 0.3 is 0 Å². The molecule has 0 saturated carbocycles. The fourth-order valence-corrected chi connectivity index (χ4v) is 6.95. The number of fused-ring (bicyclic) bond motifs is 5. The van der Waals surface area contributed by atoms with E-state index in [-0.39, 0.29) is 0 Å². The first-order chi connectivity index (χ1) is 24.2. The van der Waals surface area contributed by atoms with Crippen LogP contribution in [0.15, 0.2) is 164 Å². The van der Waals surface area contributed by atoms with E-state index >= 15 is 0 Å². The number of para-hydroxylation sites is 1. The Bertz CT molecular complexity index is 2550. The van der Waals surface area contributed by atoms with Crippen molar-refractivity contribution in [2.75, 3.05) is 0 Å². The second-order valence-electron chi connectivity index (χ2n) is 12.3. The van der Waals surface area contributed by atoms with Gasteiger partial charge in [-0.05, 0) is 36.2 Å². The third-order valence-electron chi connectivity index (χ3n) is 9.43. The largest absolute Gasteiger partial charge is 0.339 e. The average Bonchev–Trinajstić information content (AvgIpc) is 3.52. The number of nitrogens with zero attached hydrogens (tertiary/aromatic N) is 4. The van der Waals surface area contributed by atoms with Crippen LogP contribution in [0.4, 0.5) is 0 Å². The quantitative estimate of drug-likeness (QED) is 0.184. The topological polar surface area (TPSA) is 43.6 Å². The molecule has 49 heavy (non-hydrogen) atoms. The van der Waals surface area contributed by atoms with Gasteiger partial charge in [-0.15, -0.1) is 0 Å². The van der Waals surface area contributed by atoms with Crippen LogP contribution in [0.2, 0.25) is 0 Å². The van der Waals surface area contributed by atoms with Crippen molar-refractivity contribution >= 4 is 32.7 Å². The van der Waals surface area contributed by atoms with E-state index in [1.165, 1.54) is 21.8 Å². The molecule has 0 fully saturated rings. The molecule has 0 bridgehead atoms. The van der Waals surface area contributed by atoms with Gasteiger partial charge < -0.3 is 4.57 Å². The van der Waals surface area contributed by atoms with E-state index in [0.717, 1.165) is 67.9 Å². The fraction of sp³-hybridized carbons (Fsp3) is 0.0444. The number of pyridine rings is 1. The van der Waals surface area contributed by atoms with Crippen molar-refractivity contribution in [3.05, 3.63) is 164 Å². The van der Waals surface area contributed by atoms with Crippen molar-refractivity contribution in [2.45, 2.75) is 13.5 Å². The lowest BCUT2D eigenvalue weighted by atomic mass is 10.0. The number of benzene rings is 6. The maximum atomic E-state index is 5.25. The fourth-order valence-electron chi connectivity index (χ4n) is 6.95. The van der Waals surface area contributed by atoms with Crippen LogP contribution in [-0.4, -0.2) is 19.5 Å². The van der Waals surface area contributed by atoms with Gasteiger partial charge in [0.2, 0.25) is 0 Å². The molecule has 0 spiro atoms. The van der Waals surface area contributed by atoms with Gasteiger partial charge in [-0.25, -0.2) is 15.0 Å². The highest BCUT2D eigenvalue weighted by molar-refractivity contribution is 6.16. The van der Waals surface area contributed by atoms with Crippen LogP contribution in [0.1, 0.15) is 6.92 Å². The summed E-state index contributed by atoms with van der Waals surface area (Å²) in [6.45, 7) is 3.10. The van der Waals surface area contributed by atoms with Crippen LogP contribution in [-0.2, 0) is 6.54 Å². The first kappa shape index (κ1) is 28.8. The lowest BCUT2D eigenvalue weighted by Gasteiger charge is -2.10. The molecule has 3 aromatic heterocycles. The summed E-state index contributed by atoms with van der Waals surface area (Å²) in [5, 5.41) is 3.68. The third-order valence-corrected chi connectivity index (χ3v) is 9.43. The molecule has 232 valence electrons. The Morgan fingerprint density at radius 3 is 1.59 bits per heavy atom. The van der Waals surface area contributed by atoms with E-state index in [1.54, 1.807) is 0 Å². The Morgan fingerprint density at radius 2 is 0.959 bits per heavy atom. The molecule has 0 aliphatic heterocycles. The molecule has 0 N–H and O–H groups in total. The zero-order valence-electron chi connectivity index (χ0n) is 27.1. The van der Waals surface area contributed by atoms with Gasteiger partial charge in [0.05, 0.1) is 28.1 Å². The molecule has 4 nitrogen and oxygen atoms in total. The van der Waals surface area contributed by atoms with Crippen LogP contribution in [0.5, 0.6) is 0 Å². The van der Waals surface area contributed by atoms with E-state index in [1.807, 2.05) is 36.4 Å². The van der Waals surface area contributed by atoms with Crippen LogP contribution in [0, 0.1) is 0 Å². The van der Waals surface area contributed by atoms with E-state index in [9.17, 15) is 0 Å². The molecule has 3 heterocycles. The second kappa shape index (κ2) is 12.0. The Kier molecular flexibility index (Phi) is 7.06. The number of aromatic nitrogens is 4. The first-order valence-corrected chi connectivity index (χ1v) is 16.8. The SMILES string of the molecule is CCn1c2ccccc2c2ccc3ccc(-c4ccc(-c5ccc(-c6nc(-c7ccccc7)cc(-c7ccccc7)n6)cc5)cc4)nc3c21. The normalized spacial score (nSPS) is 11.4. The minimum Gasteiger partial charge on any atom is -0.339 e. The summed E-state index contributed by atoms with van der Waals surface area (Å²) in [6, 6.07) is 57.3. The lowest BCUT2D eigenvalue weighted by molar-refractivity contribution is 0.829. The molecule has 4 heteroatoms. The van der Waals surface area contributed by atoms with Gasteiger partial charge in [0.25, 0.3) is 0 Å². The van der Waals surface area contributed by atoms with Crippen molar-refractivity contribution in [1.82, 2.24) is 19.5 Å². The molecule has 0 radical (unpaired) electrons. The molecular weight excluding hydrogens is 597 g/mol. The van der Waals surface area contributed by atoms with Crippen LogP contribution >= 0.6 is 0 Å². The Morgan fingerprint density at radius 1 is 0.429 bits per heavy atom. The molecule has 0 aliphatic rings. The number of aryl methyl sites for hydroxylation is 1. The standard InChI is InChI=1S/C45H32N4/c1-2-49-42-16-10-9-15-37(42)38-27-25-35-26-28-39(46-43(35)44(38)49)34-21-17-30(18-22-34)31-19-23-36(24-20-31)45-47-40(32-11-5-3-6-12-32)29-41(48-45)33-13-7-4-8-14-33/h3-29H,2H2,1H3. The van der Waals surface area contributed by atoms with Crippen molar-refractivity contribution in [3.63, 3.8) is 0 Å². The summed E-state index contributed by atoms with van der Waals surface area (Å²) in [5.74, 6) is 0.709. The van der Waals surface area contributed by atoms with Crippen molar-refractivity contribution < 1.29 is 0 Å². The minimum atomic E-state index is 0.709. The second-order valence-corrected chi connectivity index (χ2v) is 12.3. The molecule has 0 amide bonds. The maximum absolute atomic E-state index is 5.25. The summed E-state index contributed by atoms with van der Waals surface area (Å²) in [7, 11) is 0. The van der Waals surface area contributed by atoms with E-state index in [2.05, 4.69) is 139 Å². The molecule has 0 aliphatic carbocycles. The summed E-state index contributed by atoms with van der Waals surface area (Å²) in [6.07, 6.45) is 0. The minimum absolute atomic E-state index is 0.709. The predicted octanol–water partition coefficient (Wildman–Crippen LogP) is 11.5. The van der Waals surface area contributed by atoms with Gasteiger partial charge in [0.1, 0.15) is 0 Å². The molecule has 0 unspecified atom stereocenters. The van der Waals surface area contributed by atoms with Gasteiger partial charge in [-0.3, -0.25) is 0 Å². The highest BCUT2D eigenvalue weighted by Gasteiger charge is 2.15. The molecule has 6 aromatic carbocycles. The summed E-state index contributed by atoms with van der Waals surface area (Å²) < 4.78 is 2.39. The smallest absolute Gasteiger partial charge is 0.160 e. The third kappa shape index (κ3) is 5.15. The van der Waals surface area contributed by atoms with Crippen LogP contribution < -0.4 is 0 Å². The van der Waals surface area contributed by atoms with Gasteiger partial charge in [-0.1, -0.05) is 146 Å². The summed E-state index contributed by atoms with van der Waals surface area (Å²) in [5.41, 5.74) is 12.8. The molecule has 0 atom stereocenters. The van der Waals surface area contributed by atoms with E-state index in [4.69, 9.17) is 15.0 Å². The van der Waals surface area contributed by atoms with Crippen molar-refractivity contribution in [3.8, 4) is 56.3 Å². The summed E-state index contributed by atoms with van der Waals surface area (Å²) >= 11 is 0. The summed E-state index contributed by atoms with van der Waals surface area (Å²) in [4.78, 5) is 15.2. The maximum Gasteiger partial charge on any atom is 0.160 e. The molecule has 9 aromatic rings. The highest BCUT2D eigenvalue weighted by Crippen LogP contribution is 2.35. The van der Waals surface area contributed by atoms with Gasteiger partial charge in [0.15, 0.2) is 5.82 Å². The molecule has 9 rings (SSSR count). The Balaban J connectivity index is 1.05. The highest BCUT2D eigenvalue weighted by atomic mass is 15.0. The number of hydrogen-bond acceptors (Lipinski definition) is 3. The zero-order chi connectivity index (χ0) is 32.7. The number of hydrogen-bond donors (Lipinski definition) is 0. The molecular formula is C45H32N4. The first-order valence-electron chi connectivity index (χ1n) is 16.8. The molecule has 0 saturated heterocycles. The average molecular weight is 629 g/mol. The lowest BCUT2D eigenvalue weighted by Crippen LogP contribution is -1.96. The van der Waals surface area contributed by atoms with E-state index in [0.29, 0.717) is 5.82 Å². The Hall–Kier alpha value is -6.39. The van der Waals surface area contributed by atoms with Crippen LogP contribution in [0.3, 0.4) is 0 Å². The van der Waals surface area contributed by atoms with Crippen molar-refractivity contribution in [2.24, 2.45) is 0 Å².